The standard InChI is InChI=1S/C13H20FNOS/c1-2-15(8-5-10-16)9-11-17-13-7-4-3-6-12(13)14/h3-4,6-7,16H,2,5,8-11H2,1H3. The third-order valence-electron chi connectivity index (χ3n) is 2.58. The van der Waals surface area contributed by atoms with Gasteiger partial charge in [-0.25, -0.2) is 4.39 Å². The molecule has 0 unspecified atom stereocenters. The summed E-state index contributed by atoms with van der Waals surface area (Å²) in [6.07, 6.45) is 0.804. The summed E-state index contributed by atoms with van der Waals surface area (Å²) >= 11 is 1.55. The molecule has 96 valence electrons. The Balaban J connectivity index is 2.28. The number of rotatable bonds is 8. The van der Waals surface area contributed by atoms with Gasteiger partial charge in [0.1, 0.15) is 5.82 Å². The average Bonchev–Trinajstić information content (AvgIpc) is 2.35. The molecule has 0 amide bonds. The number of nitrogens with zero attached hydrogens (tertiary/aromatic N) is 1. The van der Waals surface area contributed by atoms with Crippen LogP contribution < -0.4 is 0 Å². The average molecular weight is 257 g/mol. The van der Waals surface area contributed by atoms with Crippen molar-refractivity contribution < 1.29 is 9.50 Å². The fourth-order valence-corrected chi connectivity index (χ4v) is 2.52. The molecule has 1 rings (SSSR count). The van der Waals surface area contributed by atoms with Gasteiger partial charge in [0.25, 0.3) is 0 Å². The number of thioether (sulfide) groups is 1. The first-order valence-corrected chi connectivity index (χ1v) is 6.97. The molecule has 1 aromatic carbocycles. The summed E-state index contributed by atoms with van der Waals surface area (Å²) in [6, 6.07) is 6.86. The third kappa shape index (κ3) is 5.52. The van der Waals surface area contributed by atoms with Crippen molar-refractivity contribution in [2.75, 3.05) is 32.0 Å². The van der Waals surface area contributed by atoms with E-state index < -0.39 is 0 Å². The van der Waals surface area contributed by atoms with E-state index in [2.05, 4.69) is 11.8 Å². The van der Waals surface area contributed by atoms with Crippen LogP contribution in [0.3, 0.4) is 0 Å². The molecule has 1 aromatic rings. The second-order valence-corrected chi connectivity index (χ2v) is 4.93. The zero-order valence-corrected chi connectivity index (χ0v) is 11.0. The molecule has 17 heavy (non-hydrogen) atoms. The highest BCUT2D eigenvalue weighted by Gasteiger charge is 2.04. The molecule has 0 aromatic heterocycles. The molecule has 0 spiro atoms. The van der Waals surface area contributed by atoms with Gasteiger partial charge in [-0.05, 0) is 25.1 Å². The number of aliphatic hydroxyl groups is 1. The molecule has 0 aliphatic rings. The Morgan fingerprint density at radius 2 is 2.06 bits per heavy atom. The van der Waals surface area contributed by atoms with Gasteiger partial charge in [-0.3, -0.25) is 0 Å². The van der Waals surface area contributed by atoms with Gasteiger partial charge in [-0.2, -0.15) is 0 Å². The lowest BCUT2D eigenvalue weighted by Crippen LogP contribution is -2.27. The summed E-state index contributed by atoms with van der Waals surface area (Å²) in [7, 11) is 0. The quantitative estimate of drug-likeness (QED) is 0.724. The highest BCUT2D eigenvalue weighted by molar-refractivity contribution is 7.99. The van der Waals surface area contributed by atoms with Crippen LogP contribution in [0.1, 0.15) is 13.3 Å². The zero-order chi connectivity index (χ0) is 12.5. The van der Waals surface area contributed by atoms with Crippen molar-refractivity contribution in [2.24, 2.45) is 0 Å². The van der Waals surface area contributed by atoms with Crippen molar-refractivity contribution in [3.63, 3.8) is 0 Å². The van der Waals surface area contributed by atoms with Crippen molar-refractivity contribution in [1.29, 1.82) is 0 Å². The van der Waals surface area contributed by atoms with Crippen molar-refractivity contribution in [1.82, 2.24) is 4.90 Å². The molecule has 0 atom stereocenters. The molecule has 0 radical (unpaired) electrons. The lowest BCUT2D eigenvalue weighted by molar-refractivity contribution is 0.237. The highest BCUT2D eigenvalue weighted by Crippen LogP contribution is 2.20. The first-order chi connectivity index (χ1) is 8.27. The van der Waals surface area contributed by atoms with Crippen LogP contribution in [0.25, 0.3) is 0 Å². The molecular formula is C13H20FNOS. The van der Waals surface area contributed by atoms with Crippen LogP contribution in [-0.4, -0.2) is 42.0 Å². The molecule has 2 nitrogen and oxygen atoms in total. The van der Waals surface area contributed by atoms with E-state index in [0.717, 1.165) is 31.8 Å². The molecule has 0 bridgehead atoms. The third-order valence-corrected chi connectivity index (χ3v) is 3.61. The van der Waals surface area contributed by atoms with Gasteiger partial charge in [-0.1, -0.05) is 19.1 Å². The summed E-state index contributed by atoms with van der Waals surface area (Å²) in [5.41, 5.74) is 0. The van der Waals surface area contributed by atoms with Crippen LogP contribution in [-0.2, 0) is 0 Å². The maximum atomic E-state index is 13.3. The predicted octanol–water partition coefficient (Wildman–Crippen LogP) is 2.62. The molecule has 0 heterocycles. The second kappa shape index (κ2) is 8.50. The van der Waals surface area contributed by atoms with Crippen LogP contribution in [0.15, 0.2) is 29.2 Å². The van der Waals surface area contributed by atoms with Gasteiger partial charge in [0.05, 0.1) is 0 Å². The Hall–Kier alpha value is -0.580. The molecule has 0 aliphatic carbocycles. The minimum absolute atomic E-state index is 0.143. The van der Waals surface area contributed by atoms with Crippen molar-refractivity contribution in [2.45, 2.75) is 18.2 Å². The predicted molar refractivity (Wildman–Crippen MR) is 70.9 cm³/mol. The van der Waals surface area contributed by atoms with E-state index in [1.807, 2.05) is 12.1 Å². The second-order valence-electron chi connectivity index (χ2n) is 3.79. The van der Waals surface area contributed by atoms with Gasteiger partial charge in [0.15, 0.2) is 0 Å². The summed E-state index contributed by atoms with van der Waals surface area (Å²) < 4.78 is 13.3. The number of benzene rings is 1. The van der Waals surface area contributed by atoms with Crippen molar-refractivity contribution in [3.8, 4) is 0 Å². The molecule has 0 aliphatic heterocycles. The summed E-state index contributed by atoms with van der Waals surface area (Å²) in [5, 5.41) is 8.77. The Bertz CT molecular complexity index is 322. The van der Waals surface area contributed by atoms with E-state index >= 15 is 0 Å². The number of hydrogen-bond donors (Lipinski definition) is 1. The van der Waals surface area contributed by atoms with Crippen LogP contribution in [0.2, 0.25) is 0 Å². The summed E-state index contributed by atoms with van der Waals surface area (Å²) in [6.45, 7) is 5.14. The largest absolute Gasteiger partial charge is 0.396 e. The van der Waals surface area contributed by atoms with E-state index in [1.165, 1.54) is 6.07 Å². The molecule has 0 saturated carbocycles. The van der Waals surface area contributed by atoms with E-state index in [0.29, 0.717) is 4.90 Å². The van der Waals surface area contributed by atoms with Crippen LogP contribution in [0.4, 0.5) is 4.39 Å². The maximum absolute atomic E-state index is 13.3. The Labute approximate surface area is 107 Å². The zero-order valence-electron chi connectivity index (χ0n) is 10.2. The fraction of sp³-hybridized carbons (Fsp3) is 0.538. The molecule has 1 N–H and O–H groups in total. The molecule has 4 heteroatoms. The van der Waals surface area contributed by atoms with Crippen LogP contribution >= 0.6 is 11.8 Å². The minimum atomic E-state index is -0.143. The summed E-state index contributed by atoms with van der Waals surface area (Å²) in [5.74, 6) is 0.733. The Morgan fingerprint density at radius 3 is 2.71 bits per heavy atom. The molecule has 0 saturated heterocycles. The topological polar surface area (TPSA) is 23.5 Å². The van der Waals surface area contributed by atoms with E-state index in [1.54, 1.807) is 17.8 Å². The lowest BCUT2D eigenvalue weighted by atomic mass is 10.3. The van der Waals surface area contributed by atoms with E-state index in [4.69, 9.17) is 5.11 Å². The summed E-state index contributed by atoms with van der Waals surface area (Å²) in [4.78, 5) is 2.98. The van der Waals surface area contributed by atoms with E-state index in [-0.39, 0.29) is 12.4 Å². The van der Waals surface area contributed by atoms with Gasteiger partial charge in [0.2, 0.25) is 0 Å². The maximum Gasteiger partial charge on any atom is 0.136 e. The number of hydrogen-bond acceptors (Lipinski definition) is 3. The van der Waals surface area contributed by atoms with Crippen LogP contribution in [0, 0.1) is 5.82 Å². The first-order valence-electron chi connectivity index (χ1n) is 5.98. The SMILES string of the molecule is CCN(CCCO)CCSc1ccccc1F. The smallest absolute Gasteiger partial charge is 0.136 e. The van der Waals surface area contributed by atoms with Gasteiger partial charge in [0, 0.05) is 30.3 Å². The normalized spacial score (nSPS) is 11.1. The Kier molecular flexibility index (Phi) is 7.24. The highest BCUT2D eigenvalue weighted by atomic mass is 32.2. The number of aliphatic hydroxyl groups excluding tert-OH is 1. The van der Waals surface area contributed by atoms with E-state index in [9.17, 15) is 4.39 Å². The number of halogens is 1. The molecular weight excluding hydrogens is 237 g/mol. The van der Waals surface area contributed by atoms with Crippen molar-refractivity contribution in [3.05, 3.63) is 30.1 Å². The Morgan fingerprint density at radius 1 is 1.29 bits per heavy atom. The molecule has 0 fully saturated rings. The van der Waals surface area contributed by atoms with Crippen molar-refractivity contribution >= 4 is 11.8 Å². The lowest BCUT2D eigenvalue weighted by Gasteiger charge is -2.19. The minimum Gasteiger partial charge on any atom is -0.396 e. The van der Waals surface area contributed by atoms with Gasteiger partial charge >= 0.3 is 0 Å². The van der Waals surface area contributed by atoms with Crippen LogP contribution in [0.5, 0.6) is 0 Å². The first kappa shape index (κ1) is 14.5. The van der Waals surface area contributed by atoms with Gasteiger partial charge in [-0.15, -0.1) is 11.8 Å². The fourth-order valence-electron chi connectivity index (χ4n) is 1.57. The van der Waals surface area contributed by atoms with Gasteiger partial charge < -0.3 is 10.0 Å². The monoisotopic (exact) mass is 257 g/mol.